The first-order valence-corrected chi connectivity index (χ1v) is 8.47. The second kappa shape index (κ2) is 5.35. The molecule has 1 heterocycles. The van der Waals surface area contributed by atoms with E-state index in [1.165, 1.54) is 0 Å². The normalized spacial score (nSPS) is 24.9. The average molecular weight is 284 g/mol. The molecule has 0 bridgehead atoms. The van der Waals surface area contributed by atoms with Crippen LogP contribution in [-0.4, -0.2) is 46.3 Å². The van der Waals surface area contributed by atoms with Gasteiger partial charge < -0.3 is 10.2 Å². The van der Waals surface area contributed by atoms with Crippen molar-refractivity contribution in [3.63, 3.8) is 0 Å². The second-order valence-electron chi connectivity index (χ2n) is 6.11. The van der Waals surface area contributed by atoms with Crippen molar-refractivity contribution in [1.29, 1.82) is 0 Å². The Morgan fingerprint density at radius 1 is 1.26 bits per heavy atom. The van der Waals surface area contributed by atoms with Gasteiger partial charge in [0.2, 0.25) is 11.8 Å². The Morgan fingerprint density at radius 3 is 2.47 bits per heavy atom. The molecule has 0 atom stereocenters. The zero-order chi connectivity index (χ0) is 14.1. The molecule has 108 valence electrons. The van der Waals surface area contributed by atoms with E-state index in [1.54, 1.807) is 11.8 Å². The summed E-state index contributed by atoms with van der Waals surface area (Å²) in [7, 11) is 0. The molecule has 0 aromatic rings. The van der Waals surface area contributed by atoms with Gasteiger partial charge in [-0.25, -0.2) is 0 Å². The molecule has 19 heavy (non-hydrogen) atoms. The smallest absolute Gasteiger partial charge is 0.249 e. The summed E-state index contributed by atoms with van der Waals surface area (Å²) < 4.78 is 0. The van der Waals surface area contributed by atoms with Gasteiger partial charge in [-0.3, -0.25) is 9.59 Å². The third-order valence-electron chi connectivity index (χ3n) is 4.43. The van der Waals surface area contributed by atoms with Crippen LogP contribution in [-0.2, 0) is 9.59 Å². The fraction of sp³-hybridized carbons (Fsp3) is 0.857. The lowest BCUT2D eigenvalue weighted by atomic mass is 9.86. The van der Waals surface area contributed by atoms with Crippen LogP contribution in [0.15, 0.2) is 0 Å². The van der Waals surface area contributed by atoms with Crippen molar-refractivity contribution in [2.24, 2.45) is 0 Å². The molecule has 1 saturated carbocycles. The van der Waals surface area contributed by atoms with E-state index >= 15 is 0 Å². The van der Waals surface area contributed by atoms with Crippen LogP contribution in [0.2, 0.25) is 0 Å². The molecule has 1 N–H and O–H groups in total. The highest BCUT2D eigenvalue weighted by Gasteiger charge is 2.54. The van der Waals surface area contributed by atoms with Crippen LogP contribution < -0.4 is 5.32 Å². The standard InChI is InChI=1S/C14H24N2O2S/c1-13(2)11(17)15-14(7-4-5-8-14)12(18)16(13)9-6-10-19-3/h4-10H2,1-3H3,(H,15,17). The van der Waals surface area contributed by atoms with E-state index in [2.05, 4.69) is 11.6 Å². The van der Waals surface area contributed by atoms with Crippen LogP contribution in [0.3, 0.4) is 0 Å². The molecule has 0 radical (unpaired) electrons. The quantitative estimate of drug-likeness (QED) is 0.801. The summed E-state index contributed by atoms with van der Waals surface area (Å²) in [6.45, 7) is 4.38. The van der Waals surface area contributed by atoms with Gasteiger partial charge in [-0.15, -0.1) is 0 Å². The number of rotatable bonds is 4. The van der Waals surface area contributed by atoms with Crippen LogP contribution in [0.25, 0.3) is 0 Å². The summed E-state index contributed by atoms with van der Waals surface area (Å²) in [5.41, 5.74) is -1.31. The third-order valence-corrected chi connectivity index (χ3v) is 5.12. The molecular weight excluding hydrogens is 260 g/mol. The first-order valence-electron chi connectivity index (χ1n) is 7.08. The number of thioether (sulfide) groups is 1. The molecule has 2 amide bonds. The number of carbonyl (C=O) groups is 2. The second-order valence-corrected chi connectivity index (χ2v) is 7.09. The van der Waals surface area contributed by atoms with Gasteiger partial charge in [-0.1, -0.05) is 12.8 Å². The lowest BCUT2D eigenvalue weighted by Crippen LogP contribution is -2.73. The minimum absolute atomic E-state index is 0.00171. The number of hydrogen-bond acceptors (Lipinski definition) is 3. The van der Waals surface area contributed by atoms with E-state index in [-0.39, 0.29) is 11.8 Å². The maximum absolute atomic E-state index is 12.8. The molecule has 0 aromatic heterocycles. The van der Waals surface area contributed by atoms with Gasteiger partial charge in [0, 0.05) is 6.54 Å². The van der Waals surface area contributed by atoms with Gasteiger partial charge in [0.15, 0.2) is 0 Å². The van der Waals surface area contributed by atoms with Crippen LogP contribution in [0, 0.1) is 0 Å². The zero-order valence-corrected chi connectivity index (χ0v) is 12.9. The number of amides is 2. The van der Waals surface area contributed by atoms with E-state index < -0.39 is 11.1 Å². The van der Waals surface area contributed by atoms with Gasteiger partial charge in [0.05, 0.1) is 0 Å². The Kier molecular flexibility index (Phi) is 4.14. The molecule has 1 aliphatic heterocycles. The lowest BCUT2D eigenvalue weighted by molar-refractivity contribution is -0.160. The van der Waals surface area contributed by atoms with Crippen molar-refractivity contribution in [3.05, 3.63) is 0 Å². The van der Waals surface area contributed by atoms with Crippen LogP contribution >= 0.6 is 11.8 Å². The summed E-state index contributed by atoms with van der Waals surface area (Å²) >= 11 is 1.78. The van der Waals surface area contributed by atoms with Crippen molar-refractivity contribution in [2.75, 3.05) is 18.6 Å². The molecule has 0 aromatic carbocycles. The van der Waals surface area contributed by atoms with Crippen molar-refractivity contribution < 1.29 is 9.59 Å². The first-order chi connectivity index (χ1) is 8.94. The van der Waals surface area contributed by atoms with Crippen molar-refractivity contribution in [1.82, 2.24) is 10.2 Å². The fourth-order valence-electron chi connectivity index (χ4n) is 3.12. The summed E-state index contributed by atoms with van der Waals surface area (Å²) in [6.07, 6.45) is 6.67. The number of piperazine rings is 1. The SMILES string of the molecule is CSCCCN1C(=O)C2(CCCC2)NC(=O)C1(C)C. The molecule has 1 spiro atoms. The maximum Gasteiger partial charge on any atom is 0.249 e. The molecule has 2 rings (SSSR count). The van der Waals surface area contributed by atoms with Crippen LogP contribution in [0.1, 0.15) is 46.0 Å². The minimum atomic E-state index is -0.719. The molecule has 1 saturated heterocycles. The van der Waals surface area contributed by atoms with E-state index in [0.29, 0.717) is 6.54 Å². The highest BCUT2D eigenvalue weighted by atomic mass is 32.2. The van der Waals surface area contributed by atoms with Crippen molar-refractivity contribution in [2.45, 2.75) is 57.0 Å². The largest absolute Gasteiger partial charge is 0.340 e. The Hall–Kier alpha value is -0.710. The fourth-order valence-corrected chi connectivity index (χ4v) is 3.54. The molecule has 1 aliphatic carbocycles. The van der Waals surface area contributed by atoms with Crippen molar-refractivity contribution >= 4 is 23.6 Å². The Labute approximate surface area is 119 Å². The summed E-state index contributed by atoms with van der Waals surface area (Å²) in [5.74, 6) is 1.16. The number of nitrogens with one attached hydrogen (secondary N) is 1. The highest BCUT2D eigenvalue weighted by molar-refractivity contribution is 7.98. The molecule has 2 fully saturated rings. The number of nitrogens with zero attached hydrogens (tertiary/aromatic N) is 1. The maximum atomic E-state index is 12.8. The molecule has 5 heteroatoms. The third kappa shape index (κ3) is 2.49. The summed E-state index contributed by atoms with van der Waals surface area (Å²) in [4.78, 5) is 27.0. The van der Waals surface area contributed by atoms with Gasteiger partial charge in [-0.2, -0.15) is 11.8 Å². The summed E-state index contributed by atoms with van der Waals surface area (Å²) in [5, 5.41) is 3.02. The molecule has 4 nitrogen and oxygen atoms in total. The van der Waals surface area contributed by atoms with E-state index in [9.17, 15) is 9.59 Å². The Bertz CT molecular complexity index is 376. The first kappa shape index (κ1) is 14.7. The predicted molar refractivity (Wildman–Crippen MR) is 78.1 cm³/mol. The van der Waals surface area contributed by atoms with Gasteiger partial charge in [0.1, 0.15) is 11.1 Å². The van der Waals surface area contributed by atoms with Gasteiger partial charge in [0.25, 0.3) is 0 Å². The molecule has 2 aliphatic rings. The van der Waals surface area contributed by atoms with Crippen LogP contribution in [0.4, 0.5) is 0 Å². The van der Waals surface area contributed by atoms with Gasteiger partial charge in [-0.05, 0) is 45.1 Å². The van der Waals surface area contributed by atoms with E-state index in [4.69, 9.17) is 0 Å². The van der Waals surface area contributed by atoms with Crippen LogP contribution in [0.5, 0.6) is 0 Å². The molecule has 0 unspecified atom stereocenters. The summed E-state index contributed by atoms with van der Waals surface area (Å²) in [6, 6.07) is 0. The van der Waals surface area contributed by atoms with E-state index in [1.807, 2.05) is 18.7 Å². The molecular formula is C14H24N2O2S. The minimum Gasteiger partial charge on any atom is -0.340 e. The highest BCUT2D eigenvalue weighted by Crippen LogP contribution is 2.37. The Morgan fingerprint density at radius 2 is 1.89 bits per heavy atom. The average Bonchev–Trinajstić information content (AvgIpc) is 2.81. The van der Waals surface area contributed by atoms with Gasteiger partial charge >= 0.3 is 0 Å². The zero-order valence-electron chi connectivity index (χ0n) is 12.1. The number of carbonyl (C=O) groups excluding carboxylic acids is 2. The number of hydrogen-bond donors (Lipinski definition) is 1. The topological polar surface area (TPSA) is 49.4 Å². The Balaban J connectivity index is 2.19. The monoisotopic (exact) mass is 284 g/mol. The predicted octanol–water partition coefficient (Wildman–Crippen LogP) is 1.79. The van der Waals surface area contributed by atoms with E-state index in [0.717, 1.165) is 37.9 Å². The van der Waals surface area contributed by atoms with Crippen molar-refractivity contribution in [3.8, 4) is 0 Å². The lowest BCUT2D eigenvalue weighted by Gasteiger charge is -2.48.